The fourth-order valence-corrected chi connectivity index (χ4v) is 4.31. The van der Waals surface area contributed by atoms with Crippen LogP contribution >= 0.6 is 0 Å². The maximum atomic E-state index is 5.05. The predicted molar refractivity (Wildman–Crippen MR) is 116 cm³/mol. The van der Waals surface area contributed by atoms with Crippen LogP contribution in [-0.2, 0) is 20.1 Å². The van der Waals surface area contributed by atoms with Gasteiger partial charge in [-0.15, -0.1) is 29.8 Å². The second-order valence-corrected chi connectivity index (χ2v) is 7.13. The van der Waals surface area contributed by atoms with Gasteiger partial charge in [0, 0.05) is 25.5 Å². The van der Waals surface area contributed by atoms with Crippen LogP contribution in [0.4, 0.5) is 0 Å². The van der Waals surface area contributed by atoms with Gasteiger partial charge in [0.05, 0.1) is 5.52 Å². The van der Waals surface area contributed by atoms with E-state index in [-0.39, 0.29) is 20.1 Å². The Balaban J connectivity index is 0.00000181. The van der Waals surface area contributed by atoms with Crippen molar-refractivity contribution in [2.75, 3.05) is 0 Å². The maximum Gasteiger partial charge on any atom is 0.0607 e. The Morgan fingerprint density at radius 1 is 0.586 bits per heavy atom. The van der Waals surface area contributed by atoms with Gasteiger partial charge >= 0.3 is 0 Å². The molecule has 1 aromatic heterocycles. The van der Waals surface area contributed by atoms with Gasteiger partial charge in [0.1, 0.15) is 0 Å². The second-order valence-electron chi connectivity index (χ2n) is 7.13. The van der Waals surface area contributed by atoms with Crippen LogP contribution in [0, 0.1) is 6.07 Å². The van der Waals surface area contributed by atoms with E-state index in [9.17, 15) is 0 Å². The Hall–Kier alpha value is -3.06. The van der Waals surface area contributed by atoms with Gasteiger partial charge in [0.15, 0.2) is 0 Å². The molecule has 2 heteroatoms. The molecule has 1 aliphatic carbocycles. The van der Waals surface area contributed by atoms with E-state index in [0.717, 1.165) is 22.3 Å². The molecule has 0 amide bonds. The molecule has 1 aliphatic rings. The van der Waals surface area contributed by atoms with Gasteiger partial charge in [-0.2, -0.15) is 0 Å². The van der Waals surface area contributed by atoms with Crippen LogP contribution < -0.4 is 0 Å². The number of aromatic nitrogens is 1. The summed E-state index contributed by atoms with van der Waals surface area (Å²) >= 11 is 0. The van der Waals surface area contributed by atoms with Crippen LogP contribution in [0.2, 0.25) is 0 Å². The van der Waals surface area contributed by atoms with Gasteiger partial charge in [-0.05, 0) is 34.0 Å². The van der Waals surface area contributed by atoms with Crippen molar-refractivity contribution in [3.05, 3.63) is 103 Å². The first-order valence-electron chi connectivity index (χ1n) is 9.50. The van der Waals surface area contributed by atoms with Crippen molar-refractivity contribution in [3.8, 4) is 44.6 Å². The zero-order valence-corrected chi connectivity index (χ0v) is 17.9. The molecule has 0 atom stereocenters. The summed E-state index contributed by atoms with van der Waals surface area (Å²) in [6.45, 7) is 0. The third-order valence-electron chi connectivity index (χ3n) is 5.54. The molecule has 4 aromatic carbocycles. The monoisotopic (exact) mass is 547 g/mol. The molecule has 0 saturated carbocycles. The van der Waals surface area contributed by atoms with E-state index in [1.165, 1.54) is 33.2 Å². The summed E-state index contributed by atoms with van der Waals surface area (Å²) in [6, 6.07) is 37.4. The third-order valence-corrected chi connectivity index (χ3v) is 5.54. The maximum absolute atomic E-state index is 5.05. The molecule has 6 rings (SSSR count). The first-order valence-corrected chi connectivity index (χ1v) is 9.50. The number of rotatable bonds is 2. The van der Waals surface area contributed by atoms with Crippen molar-refractivity contribution in [1.29, 1.82) is 0 Å². The number of fused-ring (bicyclic) bond motifs is 3. The summed E-state index contributed by atoms with van der Waals surface area (Å²) in [5.41, 5.74) is 10.5. The van der Waals surface area contributed by atoms with Crippen LogP contribution in [0.5, 0.6) is 0 Å². The molecular formula is C27H16IrN-. The molecule has 29 heavy (non-hydrogen) atoms. The van der Waals surface area contributed by atoms with Crippen LogP contribution in [0.1, 0.15) is 0 Å². The van der Waals surface area contributed by atoms with Gasteiger partial charge in [-0.25, -0.2) is 0 Å². The number of benzene rings is 4. The van der Waals surface area contributed by atoms with E-state index >= 15 is 0 Å². The molecule has 0 saturated heterocycles. The largest absolute Gasteiger partial charge is 0.296 e. The second kappa shape index (κ2) is 7.08. The first kappa shape index (κ1) is 18.0. The van der Waals surface area contributed by atoms with E-state index in [1.807, 2.05) is 18.2 Å². The smallest absolute Gasteiger partial charge is 0.0607 e. The summed E-state index contributed by atoms with van der Waals surface area (Å²) in [7, 11) is 0. The van der Waals surface area contributed by atoms with E-state index < -0.39 is 0 Å². The summed E-state index contributed by atoms with van der Waals surface area (Å²) in [5, 5.41) is 1.25. The van der Waals surface area contributed by atoms with Crippen molar-refractivity contribution >= 4 is 10.9 Å². The van der Waals surface area contributed by atoms with Crippen molar-refractivity contribution in [3.63, 3.8) is 0 Å². The molecule has 0 spiro atoms. The van der Waals surface area contributed by atoms with E-state index in [4.69, 9.17) is 4.98 Å². The van der Waals surface area contributed by atoms with Crippen molar-refractivity contribution in [1.82, 2.24) is 4.98 Å². The summed E-state index contributed by atoms with van der Waals surface area (Å²) in [5.74, 6) is 0. The minimum absolute atomic E-state index is 0. The molecule has 0 fully saturated rings. The molecule has 1 radical (unpaired) electrons. The quantitative estimate of drug-likeness (QED) is 0.213. The fraction of sp³-hybridized carbons (Fsp3) is 0. The van der Waals surface area contributed by atoms with Crippen LogP contribution in [-0.4, -0.2) is 4.98 Å². The van der Waals surface area contributed by atoms with Gasteiger partial charge in [-0.3, -0.25) is 4.98 Å². The summed E-state index contributed by atoms with van der Waals surface area (Å²) in [4.78, 5) is 5.05. The van der Waals surface area contributed by atoms with Crippen molar-refractivity contribution in [2.24, 2.45) is 0 Å². The van der Waals surface area contributed by atoms with Gasteiger partial charge < -0.3 is 0 Å². The number of pyridine rings is 1. The number of hydrogen-bond acceptors (Lipinski definition) is 1. The molecule has 0 aliphatic heterocycles. The van der Waals surface area contributed by atoms with E-state index in [1.54, 1.807) is 0 Å². The normalized spacial score (nSPS) is 11.2. The summed E-state index contributed by atoms with van der Waals surface area (Å²) in [6.07, 6.45) is 0. The third kappa shape index (κ3) is 2.76. The minimum atomic E-state index is 0. The van der Waals surface area contributed by atoms with Crippen LogP contribution in [0.25, 0.3) is 55.5 Å². The minimum Gasteiger partial charge on any atom is -0.296 e. The molecule has 0 N–H and O–H groups in total. The van der Waals surface area contributed by atoms with Crippen LogP contribution in [0.3, 0.4) is 0 Å². The molecular weight excluding hydrogens is 531 g/mol. The molecule has 1 heterocycles. The Morgan fingerprint density at radius 2 is 1.28 bits per heavy atom. The van der Waals surface area contributed by atoms with Crippen LogP contribution in [0.15, 0.2) is 97.1 Å². The topological polar surface area (TPSA) is 12.9 Å². The fourth-order valence-electron chi connectivity index (χ4n) is 4.31. The van der Waals surface area contributed by atoms with Crippen molar-refractivity contribution in [2.45, 2.75) is 0 Å². The Kier molecular flexibility index (Phi) is 4.39. The van der Waals surface area contributed by atoms with E-state index in [0.29, 0.717) is 0 Å². The predicted octanol–water partition coefficient (Wildman–Crippen LogP) is 7.01. The average molecular weight is 547 g/mol. The zero-order chi connectivity index (χ0) is 18.5. The van der Waals surface area contributed by atoms with Gasteiger partial charge in [0.25, 0.3) is 0 Å². The van der Waals surface area contributed by atoms with E-state index in [2.05, 4.69) is 84.9 Å². The molecule has 5 aromatic rings. The Bertz CT molecular complexity index is 1360. The van der Waals surface area contributed by atoms with Gasteiger partial charge in [0.2, 0.25) is 0 Å². The summed E-state index contributed by atoms with van der Waals surface area (Å²) < 4.78 is 0. The molecule has 1 nitrogen and oxygen atoms in total. The van der Waals surface area contributed by atoms with Crippen molar-refractivity contribution < 1.29 is 20.1 Å². The zero-order valence-electron chi connectivity index (χ0n) is 15.5. The number of hydrogen-bond donors (Lipinski definition) is 0. The first-order chi connectivity index (χ1) is 13.9. The molecule has 0 unspecified atom stereocenters. The molecule has 0 bridgehead atoms. The SMILES string of the molecule is [Ir].[c-]1cccc(-c2ccccc2)c1-c1cc2c3c(cccc3n1)-c1ccccc1-2. The standard InChI is InChI=1S/C27H16N.Ir/c1-2-9-18(10-3-1)19-11-4-7-14-22(19)26-17-24-21-13-6-5-12-20(21)23-15-8-16-25(28-26)27(23)24;/h1-13,15-17H;/q-1;. The Labute approximate surface area is 183 Å². The molecule has 139 valence electrons. The van der Waals surface area contributed by atoms with Gasteiger partial charge in [-0.1, -0.05) is 83.9 Å². The Morgan fingerprint density at radius 3 is 2.10 bits per heavy atom. The number of nitrogens with zero attached hydrogens (tertiary/aromatic N) is 1. The average Bonchev–Trinajstić information content (AvgIpc) is 3.10.